The van der Waals surface area contributed by atoms with Crippen LogP contribution < -0.4 is 0 Å². The highest BCUT2D eigenvalue weighted by Gasteiger charge is 2.72. The Kier molecular flexibility index (Phi) is 16.7. The molecule has 0 amide bonds. The molecule has 0 aromatic rings. The van der Waals surface area contributed by atoms with Crippen molar-refractivity contribution in [1.29, 1.82) is 0 Å². The maximum Gasteiger partial charge on any atom is 0.333 e. The third-order valence-corrected chi connectivity index (χ3v) is 15.9. The summed E-state index contributed by atoms with van der Waals surface area (Å²) in [5, 5.41) is 0. The molecule has 0 aromatic carbocycles. The summed E-state index contributed by atoms with van der Waals surface area (Å²) in [6.07, 6.45) is 33.3. The first-order valence-electron chi connectivity index (χ1n) is 24.7. The molecule has 0 spiro atoms. The third-order valence-electron chi connectivity index (χ3n) is 15.9. The van der Waals surface area contributed by atoms with Crippen LogP contribution in [0.5, 0.6) is 0 Å². The fraction of sp³-hybridized carbons (Fsp3) is 0.940. The molecule has 3 heterocycles. The summed E-state index contributed by atoms with van der Waals surface area (Å²) in [7, 11) is 0. The Morgan fingerprint density at radius 2 is 0.741 bits per heavy atom. The molecule has 7 rings (SSSR count). The van der Waals surface area contributed by atoms with E-state index in [1.54, 1.807) is 6.92 Å². The van der Waals surface area contributed by atoms with E-state index in [-0.39, 0.29) is 22.8 Å². The zero-order valence-electron chi connectivity index (χ0n) is 37.9. The summed E-state index contributed by atoms with van der Waals surface area (Å²) in [5.41, 5.74) is -0.952. The molecule has 4 bridgehead atoms. The lowest BCUT2D eigenvalue weighted by Crippen LogP contribution is -2.74. The molecule has 4 saturated carbocycles. The monoisotopic (exact) mass is 815 g/mol. The van der Waals surface area contributed by atoms with Gasteiger partial charge in [0.25, 0.3) is 0 Å². The quantitative estimate of drug-likeness (QED) is 0.0377. The standard InChI is InChI=1S/C50H86O8/c1-6-44(27-33-55-44)24-18-12-9-15-21-30-52-47-36-48(53-31-22-16-10-13-19-25-45(7-2)28-34-56-45)38-49(37-47,41-50(39-47,40-48)58-43(51)42(4)5)54-32-23-17-11-14-20-26-46(8-3)29-35-57-46/h4,6-41H2,1-3,5H3. The lowest BCUT2D eigenvalue weighted by Gasteiger charge is -2.68. The number of carbonyl (C=O) groups excluding carboxylic acids is 1. The topological polar surface area (TPSA) is 81.7 Å². The van der Waals surface area contributed by atoms with E-state index in [2.05, 4.69) is 27.4 Å². The van der Waals surface area contributed by atoms with E-state index in [4.69, 9.17) is 33.2 Å². The van der Waals surface area contributed by atoms with Gasteiger partial charge in [-0.2, -0.15) is 0 Å². The molecule has 7 aliphatic rings. The van der Waals surface area contributed by atoms with Gasteiger partial charge in [-0.3, -0.25) is 0 Å². The van der Waals surface area contributed by atoms with Crippen LogP contribution in [-0.2, 0) is 38.0 Å². The van der Waals surface area contributed by atoms with E-state index in [1.807, 2.05) is 0 Å². The lowest BCUT2D eigenvalue weighted by atomic mass is 9.48. The summed E-state index contributed by atoms with van der Waals surface area (Å²) in [5.74, 6) is -0.297. The van der Waals surface area contributed by atoms with Gasteiger partial charge in [0.15, 0.2) is 0 Å². The number of ether oxygens (including phenoxy) is 7. The second-order valence-electron chi connectivity index (χ2n) is 20.5. The average Bonchev–Trinajstić information content (AvgIpc) is 3.13. The number of hydrogen-bond donors (Lipinski definition) is 0. The van der Waals surface area contributed by atoms with E-state index < -0.39 is 22.4 Å². The second kappa shape index (κ2) is 20.9. The predicted octanol–water partition coefficient (Wildman–Crippen LogP) is 12.2. The molecular formula is C50H86O8. The summed E-state index contributed by atoms with van der Waals surface area (Å²) in [4.78, 5) is 13.3. The van der Waals surface area contributed by atoms with E-state index in [1.165, 1.54) is 116 Å². The van der Waals surface area contributed by atoms with Gasteiger partial charge in [-0.1, -0.05) is 104 Å². The van der Waals surface area contributed by atoms with Crippen LogP contribution in [0.15, 0.2) is 12.2 Å². The number of rotatable bonds is 32. The Hall–Kier alpha value is -1.03. The maximum absolute atomic E-state index is 13.3. The Labute approximate surface area is 354 Å². The SMILES string of the molecule is C=C(C)C(=O)OC12CC3(OCCCCCCCC4(CC)CCO4)CC(OCCCCCCCC4(CC)CCO4)(CC(OCCCCCCCC4(CC)CCO4)(C3)C1)C2. The third kappa shape index (κ3) is 11.9. The molecule has 3 aliphatic heterocycles. The summed E-state index contributed by atoms with van der Waals surface area (Å²) in [6, 6.07) is 0. The van der Waals surface area contributed by atoms with E-state index >= 15 is 0 Å². The molecule has 0 N–H and O–H groups in total. The normalized spacial score (nSPS) is 36.0. The molecule has 3 saturated heterocycles. The van der Waals surface area contributed by atoms with E-state index in [0.29, 0.717) is 5.57 Å². The Morgan fingerprint density at radius 3 is 1.00 bits per heavy atom. The fourth-order valence-corrected chi connectivity index (χ4v) is 12.4. The van der Waals surface area contributed by atoms with Crippen molar-refractivity contribution in [3.05, 3.63) is 12.2 Å². The molecule has 3 unspecified atom stereocenters. The van der Waals surface area contributed by atoms with Crippen LogP contribution in [0.2, 0.25) is 0 Å². The minimum Gasteiger partial charge on any atom is -0.455 e. The zero-order valence-corrected chi connectivity index (χ0v) is 37.9. The summed E-state index contributed by atoms with van der Waals surface area (Å²) < 4.78 is 45.7. The van der Waals surface area contributed by atoms with Crippen molar-refractivity contribution in [2.75, 3.05) is 39.6 Å². The van der Waals surface area contributed by atoms with Crippen molar-refractivity contribution in [2.45, 2.75) is 260 Å². The van der Waals surface area contributed by atoms with Crippen LogP contribution >= 0.6 is 0 Å². The average molecular weight is 815 g/mol. The molecule has 8 heteroatoms. The highest BCUT2D eigenvalue weighted by atomic mass is 16.6. The lowest BCUT2D eigenvalue weighted by molar-refractivity contribution is -0.327. The molecule has 58 heavy (non-hydrogen) atoms. The van der Waals surface area contributed by atoms with Gasteiger partial charge in [0.1, 0.15) is 5.60 Å². The van der Waals surface area contributed by atoms with Gasteiger partial charge in [-0.05, 0) is 84.0 Å². The molecule has 334 valence electrons. The van der Waals surface area contributed by atoms with Gasteiger partial charge in [0.05, 0.1) is 53.4 Å². The van der Waals surface area contributed by atoms with Gasteiger partial charge in [0, 0.05) is 63.9 Å². The fourth-order valence-electron chi connectivity index (χ4n) is 12.4. The Balaban J connectivity index is 1.03. The van der Waals surface area contributed by atoms with Gasteiger partial charge in [-0.25, -0.2) is 4.79 Å². The van der Waals surface area contributed by atoms with E-state index in [9.17, 15) is 4.79 Å². The Bertz CT molecular complexity index is 1130. The molecule has 0 radical (unpaired) electrons. The van der Waals surface area contributed by atoms with Gasteiger partial charge < -0.3 is 33.2 Å². The van der Waals surface area contributed by atoms with Gasteiger partial charge in [-0.15, -0.1) is 0 Å². The summed E-state index contributed by atoms with van der Waals surface area (Å²) in [6.45, 7) is 17.5. The molecule has 7 fully saturated rings. The van der Waals surface area contributed by atoms with E-state index in [0.717, 1.165) is 117 Å². The Morgan fingerprint density at radius 1 is 0.466 bits per heavy atom. The minimum atomic E-state index is -0.665. The molecule has 4 aliphatic carbocycles. The molecule has 8 nitrogen and oxygen atoms in total. The first kappa shape index (κ1) is 46.5. The van der Waals surface area contributed by atoms with Crippen LogP contribution in [0.4, 0.5) is 0 Å². The van der Waals surface area contributed by atoms with Crippen molar-refractivity contribution in [1.82, 2.24) is 0 Å². The van der Waals surface area contributed by atoms with Crippen LogP contribution in [0.25, 0.3) is 0 Å². The van der Waals surface area contributed by atoms with Crippen molar-refractivity contribution < 1.29 is 38.0 Å². The molecule has 3 atom stereocenters. The van der Waals surface area contributed by atoms with Crippen LogP contribution in [0.1, 0.15) is 220 Å². The molecular weight excluding hydrogens is 729 g/mol. The summed E-state index contributed by atoms with van der Waals surface area (Å²) >= 11 is 0. The van der Waals surface area contributed by atoms with Crippen molar-refractivity contribution in [3.8, 4) is 0 Å². The predicted molar refractivity (Wildman–Crippen MR) is 231 cm³/mol. The van der Waals surface area contributed by atoms with Gasteiger partial charge in [0.2, 0.25) is 0 Å². The van der Waals surface area contributed by atoms with Crippen molar-refractivity contribution in [3.63, 3.8) is 0 Å². The second-order valence-corrected chi connectivity index (χ2v) is 20.5. The largest absolute Gasteiger partial charge is 0.455 e. The number of unbranched alkanes of at least 4 members (excludes halogenated alkanes) is 12. The van der Waals surface area contributed by atoms with Crippen LogP contribution in [0, 0.1) is 0 Å². The first-order valence-corrected chi connectivity index (χ1v) is 24.7. The minimum absolute atomic E-state index is 0.174. The first-order chi connectivity index (χ1) is 28.0. The zero-order chi connectivity index (χ0) is 41.1. The highest BCUT2D eigenvalue weighted by Crippen LogP contribution is 2.65. The number of carbonyl (C=O) groups is 1. The highest BCUT2D eigenvalue weighted by molar-refractivity contribution is 5.87. The van der Waals surface area contributed by atoms with Crippen molar-refractivity contribution >= 4 is 5.97 Å². The number of esters is 1. The van der Waals surface area contributed by atoms with Gasteiger partial charge >= 0.3 is 5.97 Å². The smallest absolute Gasteiger partial charge is 0.333 e. The van der Waals surface area contributed by atoms with Crippen LogP contribution in [-0.4, -0.2) is 84.8 Å². The van der Waals surface area contributed by atoms with Crippen LogP contribution in [0.3, 0.4) is 0 Å². The number of hydrogen-bond acceptors (Lipinski definition) is 8. The molecule has 0 aromatic heterocycles. The van der Waals surface area contributed by atoms with Crippen molar-refractivity contribution in [2.24, 2.45) is 0 Å². The maximum atomic E-state index is 13.3.